The Morgan fingerprint density at radius 1 is 1.17 bits per heavy atom. The van der Waals surface area contributed by atoms with Gasteiger partial charge in [0.05, 0.1) is 0 Å². The first-order valence-electron chi connectivity index (χ1n) is 6.35. The topological polar surface area (TPSA) is 29.3 Å². The van der Waals surface area contributed by atoms with Crippen LogP contribution < -0.4 is 5.73 Å². The first-order chi connectivity index (χ1) is 8.79. The lowest BCUT2D eigenvalue weighted by atomic mass is 10.1. The summed E-state index contributed by atoms with van der Waals surface area (Å²) in [6.07, 6.45) is 0. The second kappa shape index (κ2) is 6.69. The van der Waals surface area contributed by atoms with Gasteiger partial charge in [0.15, 0.2) is 0 Å². The third kappa shape index (κ3) is 3.67. The monoisotopic (exact) mass is 260 g/mol. The van der Waals surface area contributed by atoms with Gasteiger partial charge in [-0.25, -0.2) is 0 Å². The van der Waals surface area contributed by atoms with Crippen LogP contribution in [0.25, 0.3) is 0 Å². The summed E-state index contributed by atoms with van der Waals surface area (Å²) in [7, 11) is 0. The fraction of sp³-hybridized carbons (Fsp3) is 0.333. The lowest BCUT2D eigenvalue weighted by Gasteiger charge is -2.23. The smallest absolute Gasteiger partial charge is 0.0424 e. The van der Waals surface area contributed by atoms with E-state index in [1.165, 1.54) is 10.4 Å². The van der Waals surface area contributed by atoms with Crippen molar-refractivity contribution in [2.24, 2.45) is 5.73 Å². The van der Waals surface area contributed by atoms with Crippen LogP contribution in [0, 0.1) is 0 Å². The molecule has 1 aromatic heterocycles. The van der Waals surface area contributed by atoms with Gasteiger partial charge in [-0.3, -0.25) is 4.90 Å². The lowest BCUT2D eigenvalue weighted by molar-refractivity contribution is 0.264. The molecular formula is C15H20N2S. The Labute approximate surface area is 113 Å². The highest BCUT2D eigenvalue weighted by Crippen LogP contribution is 2.15. The van der Waals surface area contributed by atoms with E-state index in [0.717, 1.165) is 19.6 Å². The van der Waals surface area contributed by atoms with Gasteiger partial charge in [-0.2, -0.15) is 0 Å². The van der Waals surface area contributed by atoms with Crippen LogP contribution in [0.4, 0.5) is 0 Å². The normalized spacial score (nSPS) is 12.8. The van der Waals surface area contributed by atoms with E-state index < -0.39 is 0 Å². The van der Waals surface area contributed by atoms with E-state index in [9.17, 15) is 0 Å². The van der Waals surface area contributed by atoms with Crippen LogP contribution in [0.1, 0.15) is 23.4 Å². The number of nitrogens with two attached hydrogens (primary N) is 1. The maximum Gasteiger partial charge on any atom is 0.0424 e. The zero-order chi connectivity index (χ0) is 12.8. The Hall–Kier alpha value is -1.16. The molecule has 0 fully saturated rings. The van der Waals surface area contributed by atoms with Crippen molar-refractivity contribution in [3.63, 3.8) is 0 Å². The average molecular weight is 260 g/mol. The van der Waals surface area contributed by atoms with Gasteiger partial charge < -0.3 is 5.73 Å². The fourth-order valence-electron chi connectivity index (χ4n) is 2.01. The molecular weight excluding hydrogens is 240 g/mol. The second-order valence-corrected chi connectivity index (χ2v) is 5.46. The Bertz CT molecular complexity index is 439. The van der Waals surface area contributed by atoms with Crippen molar-refractivity contribution in [2.45, 2.75) is 19.5 Å². The van der Waals surface area contributed by atoms with Crippen LogP contribution >= 0.6 is 11.3 Å². The molecule has 0 saturated carbocycles. The van der Waals surface area contributed by atoms with Crippen molar-refractivity contribution in [2.75, 3.05) is 13.1 Å². The Morgan fingerprint density at radius 3 is 2.56 bits per heavy atom. The van der Waals surface area contributed by atoms with E-state index >= 15 is 0 Å². The quantitative estimate of drug-likeness (QED) is 0.863. The number of benzene rings is 1. The van der Waals surface area contributed by atoms with E-state index in [-0.39, 0.29) is 6.04 Å². The van der Waals surface area contributed by atoms with Gasteiger partial charge >= 0.3 is 0 Å². The van der Waals surface area contributed by atoms with E-state index in [2.05, 4.69) is 41.5 Å². The van der Waals surface area contributed by atoms with Crippen LogP contribution in [-0.4, -0.2) is 18.0 Å². The number of likely N-dealkylation sites (N-methyl/N-ethyl adjacent to an activating group) is 1. The molecule has 2 rings (SSSR count). The highest BCUT2D eigenvalue weighted by molar-refractivity contribution is 7.09. The molecule has 1 aromatic carbocycles. The van der Waals surface area contributed by atoms with Gasteiger partial charge in [0.1, 0.15) is 0 Å². The molecule has 0 amide bonds. The Balaban J connectivity index is 1.94. The Morgan fingerprint density at radius 2 is 1.94 bits per heavy atom. The molecule has 1 heterocycles. The maximum atomic E-state index is 6.26. The standard InChI is InChI=1S/C15H20N2S/c1-2-17(11-14-9-6-10-18-14)12-15(16)13-7-4-3-5-8-13/h3-10,15H,2,11-12,16H2,1H3. The number of hydrogen-bond acceptors (Lipinski definition) is 3. The van der Waals surface area contributed by atoms with Crippen molar-refractivity contribution >= 4 is 11.3 Å². The number of nitrogens with zero attached hydrogens (tertiary/aromatic N) is 1. The van der Waals surface area contributed by atoms with Crippen molar-refractivity contribution in [1.82, 2.24) is 4.90 Å². The first kappa shape index (κ1) is 13.3. The minimum Gasteiger partial charge on any atom is -0.323 e. The fourth-order valence-corrected chi connectivity index (χ4v) is 2.76. The molecule has 0 aliphatic carbocycles. The highest BCUT2D eigenvalue weighted by Gasteiger charge is 2.11. The van der Waals surface area contributed by atoms with Gasteiger partial charge in [-0.1, -0.05) is 43.3 Å². The van der Waals surface area contributed by atoms with Crippen molar-refractivity contribution in [3.8, 4) is 0 Å². The van der Waals surface area contributed by atoms with Crippen molar-refractivity contribution < 1.29 is 0 Å². The molecule has 0 radical (unpaired) electrons. The summed E-state index contributed by atoms with van der Waals surface area (Å²) in [5.74, 6) is 0. The predicted octanol–water partition coefficient (Wildman–Crippen LogP) is 3.27. The molecule has 0 aliphatic rings. The van der Waals surface area contributed by atoms with E-state index in [1.54, 1.807) is 0 Å². The summed E-state index contributed by atoms with van der Waals surface area (Å²) in [5.41, 5.74) is 7.47. The van der Waals surface area contributed by atoms with Gasteiger partial charge in [0, 0.05) is 24.0 Å². The van der Waals surface area contributed by atoms with Crippen LogP contribution in [0.15, 0.2) is 47.8 Å². The molecule has 0 bridgehead atoms. The van der Waals surface area contributed by atoms with E-state index in [0.29, 0.717) is 0 Å². The third-order valence-electron chi connectivity index (χ3n) is 3.09. The third-order valence-corrected chi connectivity index (χ3v) is 3.95. The molecule has 0 saturated heterocycles. The molecule has 2 N–H and O–H groups in total. The number of thiophene rings is 1. The molecule has 1 atom stereocenters. The van der Waals surface area contributed by atoms with Crippen molar-refractivity contribution in [3.05, 3.63) is 58.3 Å². The first-order valence-corrected chi connectivity index (χ1v) is 7.23. The van der Waals surface area contributed by atoms with E-state index in [4.69, 9.17) is 5.73 Å². The molecule has 2 aromatic rings. The molecule has 2 nitrogen and oxygen atoms in total. The largest absolute Gasteiger partial charge is 0.323 e. The van der Waals surface area contributed by atoms with Crippen LogP contribution in [0.5, 0.6) is 0 Å². The second-order valence-electron chi connectivity index (χ2n) is 4.42. The average Bonchev–Trinajstić information content (AvgIpc) is 2.91. The summed E-state index contributed by atoms with van der Waals surface area (Å²) in [6, 6.07) is 14.7. The van der Waals surface area contributed by atoms with Crippen LogP contribution in [0.3, 0.4) is 0 Å². The molecule has 18 heavy (non-hydrogen) atoms. The highest BCUT2D eigenvalue weighted by atomic mass is 32.1. The summed E-state index contributed by atoms with van der Waals surface area (Å²) in [5, 5.41) is 2.13. The number of rotatable bonds is 6. The van der Waals surface area contributed by atoms with Crippen LogP contribution in [-0.2, 0) is 6.54 Å². The lowest BCUT2D eigenvalue weighted by Crippen LogP contribution is -2.31. The summed E-state index contributed by atoms with van der Waals surface area (Å²) < 4.78 is 0. The van der Waals surface area contributed by atoms with Gasteiger partial charge in [0.25, 0.3) is 0 Å². The van der Waals surface area contributed by atoms with Gasteiger partial charge in [-0.15, -0.1) is 11.3 Å². The zero-order valence-electron chi connectivity index (χ0n) is 10.8. The minimum atomic E-state index is 0.0890. The maximum absolute atomic E-state index is 6.26. The van der Waals surface area contributed by atoms with Crippen LogP contribution in [0.2, 0.25) is 0 Å². The molecule has 3 heteroatoms. The van der Waals surface area contributed by atoms with Crippen molar-refractivity contribution in [1.29, 1.82) is 0 Å². The Kier molecular flexibility index (Phi) is 4.93. The van der Waals surface area contributed by atoms with Gasteiger partial charge in [0.2, 0.25) is 0 Å². The summed E-state index contributed by atoms with van der Waals surface area (Å²) in [6.45, 7) is 5.11. The SMILES string of the molecule is CCN(Cc1cccs1)CC(N)c1ccccc1. The molecule has 1 unspecified atom stereocenters. The van der Waals surface area contributed by atoms with E-state index in [1.807, 2.05) is 29.5 Å². The molecule has 96 valence electrons. The summed E-state index contributed by atoms with van der Waals surface area (Å²) >= 11 is 1.81. The molecule has 0 aliphatic heterocycles. The summed E-state index contributed by atoms with van der Waals surface area (Å²) in [4.78, 5) is 3.79. The molecule has 0 spiro atoms. The zero-order valence-corrected chi connectivity index (χ0v) is 11.6. The van der Waals surface area contributed by atoms with Gasteiger partial charge in [-0.05, 0) is 23.6 Å². The predicted molar refractivity (Wildman–Crippen MR) is 78.6 cm³/mol. The number of hydrogen-bond donors (Lipinski definition) is 1. The minimum absolute atomic E-state index is 0.0890.